The van der Waals surface area contributed by atoms with Gasteiger partial charge < -0.3 is 0 Å². The summed E-state index contributed by atoms with van der Waals surface area (Å²) in [5.74, 6) is 1.71. The lowest BCUT2D eigenvalue weighted by molar-refractivity contribution is 0.485. The predicted octanol–water partition coefficient (Wildman–Crippen LogP) is 6.66. The smallest absolute Gasteiger partial charge is 0.192 e. The summed E-state index contributed by atoms with van der Waals surface area (Å²) in [6.07, 6.45) is 4.85. The topological polar surface area (TPSA) is 30.7 Å². The molecule has 0 spiro atoms. The summed E-state index contributed by atoms with van der Waals surface area (Å²) in [5, 5.41) is 11.4. The molecule has 0 N–H and O–H groups in total. The standard InChI is InChI=1S/C20H19Cl2N3S/c21-15-11-9-14(10-12-15)13-26-20-24-23-19(17-7-3-4-8-18(17)22)25(20)16-5-1-2-6-16/h3-4,7-12,16H,1-2,5-6,13H2. The lowest BCUT2D eigenvalue weighted by Gasteiger charge is -2.17. The van der Waals surface area contributed by atoms with Crippen molar-refractivity contribution in [2.75, 3.05) is 0 Å². The van der Waals surface area contributed by atoms with Crippen molar-refractivity contribution >= 4 is 35.0 Å². The normalized spacial score (nSPS) is 14.8. The number of thioether (sulfide) groups is 1. The molecule has 0 aliphatic heterocycles. The van der Waals surface area contributed by atoms with E-state index >= 15 is 0 Å². The Morgan fingerprint density at radius 1 is 0.962 bits per heavy atom. The van der Waals surface area contributed by atoms with Crippen LogP contribution in [0.5, 0.6) is 0 Å². The quantitative estimate of drug-likeness (QED) is 0.446. The highest BCUT2D eigenvalue weighted by Gasteiger charge is 2.25. The van der Waals surface area contributed by atoms with Crippen molar-refractivity contribution in [1.82, 2.24) is 14.8 Å². The van der Waals surface area contributed by atoms with Gasteiger partial charge in [0.25, 0.3) is 0 Å². The summed E-state index contributed by atoms with van der Waals surface area (Å²) in [4.78, 5) is 0. The molecule has 3 aromatic rings. The average Bonchev–Trinajstić information content (AvgIpc) is 3.31. The molecule has 0 atom stereocenters. The summed E-state index contributed by atoms with van der Waals surface area (Å²) in [6.45, 7) is 0. The van der Waals surface area contributed by atoms with E-state index < -0.39 is 0 Å². The first-order valence-corrected chi connectivity index (χ1v) is 10.5. The van der Waals surface area contributed by atoms with Crippen molar-refractivity contribution in [2.24, 2.45) is 0 Å². The van der Waals surface area contributed by atoms with E-state index in [9.17, 15) is 0 Å². The van der Waals surface area contributed by atoms with Crippen LogP contribution in [0.15, 0.2) is 53.7 Å². The highest BCUT2D eigenvalue weighted by molar-refractivity contribution is 7.98. The van der Waals surface area contributed by atoms with E-state index in [1.54, 1.807) is 11.8 Å². The molecule has 26 heavy (non-hydrogen) atoms. The van der Waals surface area contributed by atoms with E-state index in [2.05, 4.69) is 26.9 Å². The number of rotatable bonds is 5. The molecular weight excluding hydrogens is 385 g/mol. The summed E-state index contributed by atoms with van der Waals surface area (Å²) in [6, 6.07) is 16.3. The summed E-state index contributed by atoms with van der Waals surface area (Å²) in [7, 11) is 0. The average molecular weight is 404 g/mol. The monoisotopic (exact) mass is 403 g/mol. The van der Waals surface area contributed by atoms with Gasteiger partial charge in [0.15, 0.2) is 11.0 Å². The molecule has 1 fully saturated rings. The Morgan fingerprint density at radius 2 is 1.69 bits per heavy atom. The van der Waals surface area contributed by atoms with E-state index in [0.717, 1.165) is 27.3 Å². The molecule has 0 unspecified atom stereocenters. The van der Waals surface area contributed by atoms with E-state index in [-0.39, 0.29) is 0 Å². The Balaban J connectivity index is 1.66. The van der Waals surface area contributed by atoms with Crippen molar-refractivity contribution in [2.45, 2.75) is 42.6 Å². The molecule has 1 aliphatic carbocycles. The highest BCUT2D eigenvalue weighted by atomic mass is 35.5. The zero-order chi connectivity index (χ0) is 17.9. The van der Waals surface area contributed by atoms with Crippen LogP contribution in [-0.4, -0.2) is 14.8 Å². The zero-order valence-corrected chi connectivity index (χ0v) is 16.6. The molecule has 134 valence electrons. The minimum atomic E-state index is 0.448. The van der Waals surface area contributed by atoms with Crippen LogP contribution in [-0.2, 0) is 5.75 Å². The Hall–Kier alpha value is -1.49. The van der Waals surface area contributed by atoms with Crippen LogP contribution < -0.4 is 0 Å². The second-order valence-corrected chi connectivity index (χ2v) is 8.30. The van der Waals surface area contributed by atoms with Gasteiger partial charge in [0.2, 0.25) is 0 Å². The predicted molar refractivity (Wildman–Crippen MR) is 109 cm³/mol. The molecule has 6 heteroatoms. The number of benzene rings is 2. The fraction of sp³-hybridized carbons (Fsp3) is 0.300. The molecule has 1 heterocycles. The summed E-state index contributed by atoms with van der Waals surface area (Å²) in [5.41, 5.74) is 2.17. The maximum Gasteiger partial charge on any atom is 0.192 e. The molecule has 4 rings (SSSR count). The maximum absolute atomic E-state index is 6.43. The van der Waals surface area contributed by atoms with Crippen LogP contribution in [0.3, 0.4) is 0 Å². The van der Waals surface area contributed by atoms with Gasteiger partial charge in [0, 0.05) is 22.4 Å². The van der Waals surface area contributed by atoms with Crippen molar-refractivity contribution in [3.8, 4) is 11.4 Å². The fourth-order valence-electron chi connectivity index (χ4n) is 3.42. The number of halogens is 2. The Kier molecular flexibility index (Phi) is 5.53. The first-order valence-electron chi connectivity index (χ1n) is 8.79. The number of hydrogen-bond donors (Lipinski definition) is 0. The first-order chi connectivity index (χ1) is 12.7. The first kappa shape index (κ1) is 17.9. The van der Waals surface area contributed by atoms with Crippen molar-refractivity contribution in [3.63, 3.8) is 0 Å². The van der Waals surface area contributed by atoms with Gasteiger partial charge in [-0.25, -0.2) is 0 Å². The molecule has 0 amide bonds. The lowest BCUT2D eigenvalue weighted by atomic mass is 10.2. The third-order valence-electron chi connectivity index (χ3n) is 4.75. The van der Waals surface area contributed by atoms with Gasteiger partial charge in [-0.3, -0.25) is 4.57 Å². The molecule has 0 saturated heterocycles. The molecule has 1 aliphatic rings. The third-order valence-corrected chi connectivity index (χ3v) is 6.35. The van der Waals surface area contributed by atoms with Gasteiger partial charge in [-0.2, -0.15) is 0 Å². The fourth-order valence-corrected chi connectivity index (χ4v) is 4.73. The van der Waals surface area contributed by atoms with E-state index in [1.807, 2.05) is 36.4 Å². The maximum atomic E-state index is 6.43. The van der Waals surface area contributed by atoms with Crippen molar-refractivity contribution < 1.29 is 0 Å². The minimum Gasteiger partial charge on any atom is -0.299 e. The molecule has 0 radical (unpaired) electrons. The van der Waals surface area contributed by atoms with Crippen LogP contribution in [0.25, 0.3) is 11.4 Å². The lowest BCUT2D eigenvalue weighted by Crippen LogP contribution is -2.08. The van der Waals surface area contributed by atoms with Crippen LogP contribution in [0.4, 0.5) is 0 Å². The molecule has 3 nitrogen and oxygen atoms in total. The van der Waals surface area contributed by atoms with E-state index in [1.165, 1.54) is 31.2 Å². The van der Waals surface area contributed by atoms with Crippen molar-refractivity contribution in [3.05, 3.63) is 64.1 Å². The molecule has 0 bridgehead atoms. The van der Waals surface area contributed by atoms with Gasteiger partial charge in [0.05, 0.1) is 5.02 Å². The molecular formula is C20H19Cl2N3S. The van der Waals surface area contributed by atoms with E-state index in [0.29, 0.717) is 11.1 Å². The number of aromatic nitrogens is 3. The van der Waals surface area contributed by atoms with Gasteiger partial charge in [-0.05, 0) is 42.7 Å². The van der Waals surface area contributed by atoms with Gasteiger partial charge in [-0.15, -0.1) is 10.2 Å². The van der Waals surface area contributed by atoms with Gasteiger partial charge in [-0.1, -0.05) is 72.1 Å². The number of hydrogen-bond acceptors (Lipinski definition) is 3. The van der Waals surface area contributed by atoms with Crippen LogP contribution in [0, 0.1) is 0 Å². The van der Waals surface area contributed by atoms with Crippen LogP contribution >= 0.6 is 35.0 Å². The molecule has 1 saturated carbocycles. The second kappa shape index (κ2) is 8.03. The van der Waals surface area contributed by atoms with Crippen molar-refractivity contribution in [1.29, 1.82) is 0 Å². The highest BCUT2D eigenvalue weighted by Crippen LogP contribution is 2.38. The van der Waals surface area contributed by atoms with Crippen LogP contribution in [0.1, 0.15) is 37.3 Å². The second-order valence-electron chi connectivity index (χ2n) is 6.51. The largest absolute Gasteiger partial charge is 0.299 e. The number of nitrogens with zero attached hydrogens (tertiary/aromatic N) is 3. The Labute approximate surface area is 167 Å². The van der Waals surface area contributed by atoms with Gasteiger partial charge in [0.1, 0.15) is 0 Å². The minimum absolute atomic E-state index is 0.448. The Morgan fingerprint density at radius 3 is 2.42 bits per heavy atom. The summed E-state index contributed by atoms with van der Waals surface area (Å²) < 4.78 is 2.30. The van der Waals surface area contributed by atoms with Crippen LogP contribution in [0.2, 0.25) is 10.0 Å². The SMILES string of the molecule is Clc1ccc(CSc2nnc(-c3ccccc3Cl)n2C2CCCC2)cc1. The molecule has 2 aromatic carbocycles. The van der Waals surface area contributed by atoms with E-state index in [4.69, 9.17) is 23.2 Å². The van der Waals surface area contributed by atoms with Gasteiger partial charge >= 0.3 is 0 Å². The Bertz CT molecular complexity index is 886. The summed E-state index contributed by atoms with van der Waals surface area (Å²) >= 11 is 14.1. The third kappa shape index (κ3) is 3.78. The zero-order valence-electron chi connectivity index (χ0n) is 14.2. The molecule has 1 aromatic heterocycles.